The number of piperazine rings is 1. The molecular formula is C20H26N4O3. The Labute approximate surface area is 159 Å². The Kier molecular flexibility index (Phi) is 4.88. The highest BCUT2D eigenvalue weighted by molar-refractivity contribution is 5.94. The second kappa shape index (κ2) is 7.32. The molecule has 2 fully saturated rings. The SMILES string of the molecule is COc1ccccc1-n1cc(C(=O)N2CCN(C)C3(CCOCC3)C2)cn1. The number of carbonyl (C=O) groups excluding carboxylic acids is 1. The van der Waals surface area contributed by atoms with Crippen LogP contribution in [-0.4, -0.2) is 78.0 Å². The molecule has 1 spiro atoms. The maximum absolute atomic E-state index is 13.1. The van der Waals surface area contributed by atoms with Crippen LogP contribution in [0.2, 0.25) is 0 Å². The van der Waals surface area contributed by atoms with Crippen LogP contribution in [0.15, 0.2) is 36.7 Å². The fourth-order valence-corrected chi connectivity index (χ4v) is 4.09. The molecule has 0 unspecified atom stereocenters. The fourth-order valence-electron chi connectivity index (χ4n) is 4.09. The van der Waals surface area contributed by atoms with Gasteiger partial charge in [0.2, 0.25) is 0 Å². The van der Waals surface area contributed by atoms with Crippen molar-refractivity contribution >= 4 is 5.91 Å². The van der Waals surface area contributed by atoms with Gasteiger partial charge < -0.3 is 14.4 Å². The molecule has 3 heterocycles. The van der Waals surface area contributed by atoms with E-state index >= 15 is 0 Å². The third-order valence-corrected chi connectivity index (χ3v) is 5.87. The lowest BCUT2D eigenvalue weighted by Gasteiger charge is -2.51. The van der Waals surface area contributed by atoms with Crippen molar-refractivity contribution in [2.24, 2.45) is 0 Å². The zero-order chi connectivity index (χ0) is 18.9. The van der Waals surface area contributed by atoms with Crippen molar-refractivity contribution in [2.75, 3.05) is 47.0 Å². The van der Waals surface area contributed by atoms with Gasteiger partial charge >= 0.3 is 0 Å². The fraction of sp³-hybridized carbons (Fsp3) is 0.500. The molecule has 7 heteroatoms. The number of para-hydroxylation sites is 2. The van der Waals surface area contributed by atoms with Gasteiger partial charge in [-0.1, -0.05) is 12.1 Å². The highest BCUT2D eigenvalue weighted by Gasteiger charge is 2.42. The zero-order valence-corrected chi connectivity index (χ0v) is 15.9. The molecule has 2 aliphatic heterocycles. The first-order valence-electron chi connectivity index (χ1n) is 9.39. The molecule has 1 aromatic carbocycles. The number of methoxy groups -OCH3 is 1. The first kappa shape index (κ1) is 18.0. The largest absolute Gasteiger partial charge is 0.494 e. The quantitative estimate of drug-likeness (QED) is 0.825. The van der Waals surface area contributed by atoms with E-state index < -0.39 is 0 Å². The Morgan fingerprint density at radius 3 is 2.78 bits per heavy atom. The predicted octanol–water partition coefficient (Wildman–Crippen LogP) is 1.82. The molecule has 1 amide bonds. The number of carbonyl (C=O) groups is 1. The van der Waals surface area contributed by atoms with E-state index in [0.29, 0.717) is 5.56 Å². The summed E-state index contributed by atoms with van der Waals surface area (Å²) in [6.45, 7) is 3.88. The van der Waals surface area contributed by atoms with Gasteiger partial charge in [-0.15, -0.1) is 0 Å². The third kappa shape index (κ3) is 3.33. The molecule has 0 atom stereocenters. The molecule has 0 saturated carbocycles. The minimum Gasteiger partial charge on any atom is -0.494 e. The summed E-state index contributed by atoms with van der Waals surface area (Å²) < 4.78 is 12.6. The van der Waals surface area contributed by atoms with Crippen molar-refractivity contribution < 1.29 is 14.3 Å². The maximum atomic E-state index is 13.1. The van der Waals surface area contributed by atoms with E-state index in [-0.39, 0.29) is 11.4 Å². The topological polar surface area (TPSA) is 59.8 Å². The van der Waals surface area contributed by atoms with Crippen LogP contribution >= 0.6 is 0 Å². The van der Waals surface area contributed by atoms with E-state index in [1.54, 1.807) is 24.2 Å². The Bertz CT molecular complexity index is 813. The lowest BCUT2D eigenvalue weighted by Crippen LogP contribution is -2.63. The smallest absolute Gasteiger partial charge is 0.257 e. The third-order valence-electron chi connectivity index (χ3n) is 5.87. The second-order valence-corrected chi connectivity index (χ2v) is 7.33. The van der Waals surface area contributed by atoms with E-state index in [0.717, 1.165) is 57.1 Å². The monoisotopic (exact) mass is 370 g/mol. The van der Waals surface area contributed by atoms with Crippen molar-refractivity contribution in [3.63, 3.8) is 0 Å². The van der Waals surface area contributed by atoms with Crippen LogP contribution in [0.3, 0.4) is 0 Å². The van der Waals surface area contributed by atoms with Gasteiger partial charge in [0.1, 0.15) is 11.4 Å². The van der Waals surface area contributed by atoms with Crippen LogP contribution in [0.1, 0.15) is 23.2 Å². The normalized spacial score (nSPS) is 20.0. The van der Waals surface area contributed by atoms with Crippen LogP contribution in [0.4, 0.5) is 0 Å². The number of nitrogens with zero attached hydrogens (tertiary/aromatic N) is 4. The Hall–Kier alpha value is -2.38. The molecule has 2 aliphatic rings. The highest BCUT2D eigenvalue weighted by atomic mass is 16.5. The molecule has 2 aromatic rings. The highest BCUT2D eigenvalue weighted by Crippen LogP contribution is 2.31. The average Bonchev–Trinajstić information content (AvgIpc) is 3.20. The molecule has 0 radical (unpaired) electrons. The molecule has 4 rings (SSSR count). The second-order valence-electron chi connectivity index (χ2n) is 7.33. The molecule has 0 bridgehead atoms. The first-order chi connectivity index (χ1) is 13.1. The van der Waals surface area contributed by atoms with Crippen LogP contribution < -0.4 is 4.74 Å². The number of ether oxygens (including phenoxy) is 2. The lowest BCUT2D eigenvalue weighted by atomic mass is 9.86. The molecule has 7 nitrogen and oxygen atoms in total. The summed E-state index contributed by atoms with van der Waals surface area (Å²) in [6, 6.07) is 7.65. The van der Waals surface area contributed by atoms with Crippen LogP contribution in [0.5, 0.6) is 5.75 Å². The average molecular weight is 370 g/mol. The number of likely N-dealkylation sites (N-methyl/N-ethyl adjacent to an activating group) is 1. The summed E-state index contributed by atoms with van der Waals surface area (Å²) in [5.74, 6) is 0.760. The lowest BCUT2D eigenvalue weighted by molar-refractivity contribution is -0.0543. The van der Waals surface area contributed by atoms with Crippen LogP contribution in [0, 0.1) is 0 Å². The van der Waals surface area contributed by atoms with E-state index in [1.165, 1.54) is 0 Å². The maximum Gasteiger partial charge on any atom is 0.257 e. The zero-order valence-electron chi connectivity index (χ0n) is 15.9. The van der Waals surface area contributed by atoms with Crippen LogP contribution in [0.25, 0.3) is 5.69 Å². The summed E-state index contributed by atoms with van der Waals surface area (Å²) in [6.07, 6.45) is 5.36. The van der Waals surface area contributed by atoms with Gasteiger partial charge in [-0.25, -0.2) is 4.68 Å². The van der Waals surface area contributed by atoms with Crippen LogP contribution in [-0.2, 0) is 4.74 Å². The van der Waals surface area contributed by atoms with Crippen molar-refractivity contribution in [1.82, 2.24) is 19.6 Å². The van der Waals surface area contributed by atoms with Gasteiger partial charge in [-0.05, 0) is 32.0 Å². The van der Waals surface area contributed by atoms with Gasteiger partial charge in [0.15, 0.2) is 0 Å². The standard InChI is InChI=1S/C20H26N4O3/c1-22-9-10-23(15-20(22)7-11-27-12-8-20)19(25)16-13-21-24(14-16)17-5-3-4-6-18(17)26-2/h3-6,13-14H,7-12,15H2,1-2H3. The van der Waals surface area contributed by atoms with E-state index in [1.807, 2.05) is 29.2 Å². The van der Waals surface area contributed by atoms with Gasteiger partial charge in [-0.3, -0.25) is 9.69 Å². The van der Waals surface area contributed by atoms with Gasteiger partial charge in [-0.2, -0.15) is 5.10 Å². The Morgan fingerprint density at radius 2 is 2.00 bits per heavy atom. The van der Waals surface area contributed by atoms with E-state index in [2.05, 4.69) is 17.0 Å². The molecule has 2 saturated heterocycles. The van der Waals surface area contributed by atoms with Gasteiger partial charge in [0, 0.05) is 44.6 Å². The molecule has 0 N–H and O–H groups in total. The Balaban J connectivity index is 1.54. The summed E-state index contributed by atoms with van der Waals surface area (Å²) in [4.78, 5) is 17.5. The van der Waals surface area contributed by atoms with E-state index in [9.17, 15) is 4.79 Å². The van der Waals surface area contributed by atoms with Gasteiger partial charge in [0.25, 0.3) is 5.91 Å². The number of benzene rings is 1. The number of hydrogen-bond acceptors (Lipinski definition) is 5. The predicted molar refractivity (Wildman–Crippen MR) is 101 cm³/mol. The van der Waals surface area contributed by atoms with Crippen molar-refractivity contribution in [2.45, 2.75) is 18.4 Å². The number of aromatic nitrogens is 2. The number of amides is 1. The summed E-state index contributed by atoms with van der Waals surface area (Å²) in [7, 11) is 3.79. The number of rotatable bonds is 3. The molecule has 1 aromatic heterocycles. The molecular weight excluding hydrogens is 344 g/mol. The Morgan fingerprint density at radius 1 is 1.22 bits per heavy atom. The molecule has 27 heavy (non-hydrogen) atoms. The van der Waals surface area contributed by atoms with Crippen molar-refractivity contribution in [3.8, 4) is 11.4 Å². The molecule has 144 valence electrons. The number of hydrogen-bond donors (Lipinski definition) is 0. The summed E-state index contributed by atoms with van der Waals surface area (Å²) in [5, 5.41) is 4.39. The minimum atomic E-state index is 0.0325. The van der Waals surface area contributed by atoms with Crippen molar-refractivity contribution in [3.05, 3.63) is 42.2 Å². The minimum absolute atomic E-state index is 0.0325. The molecule has 0 aliphatic carbocycles. The summed E-state index contributed by atoms with van der Waals surface area (Å²) >= 11 is 0. The first-order valence-corrected chi connectivity index (χ1v) is 9.39. The van der Waals surface area contributed by atoms with Gasteiger partial charge in [0.05, 0.1) is 18.9 Å². The van der Waals surface area contributed by atoms with Crippen molar-refractivity contribution in [1.29, 1.82) is 0 Å². The summed E-state index contributed by atoms with van der Waals surface area (Å²) in [5.41, 5.74) is 1.45. The van der Waals surface area contributed by atoms with E-state index in [4.69, 9.17) is 9.47 Å².